The summed E-state index contributed by atoms with van der Waals surface area (Å²) in [4.78, 5) is 4.09. The Labute approximate surface area is 78.4 Å². The third-order valence-corrected chi connectivity index (χ3v) is 1.75. The van der Waals surface area contributed by atoms with Gasteiger partial charge in [0.05, 0.1) is 18.4 Å². The summed E-state index contributed by atoms with van der Waals surface area (Å²) in [7, 11) is 0. The first-order chi connectivity index (χ1) is 6.20. The Morgan fingerprint density at radius 3 is 3.00 bits per heavy atom. The number of aromatic nitrogens is 1. The molecule has 0 aromatic carbocycles. The molecular weight excluding hydrogens is 166 g/mol. The second kappa shape index (κ2) is 4.82. The highest BCUT2D eigenvalue weighted by Gasteiger charge is 2.00. The fourth-order valence-corrected chi connectivity index (χ4v) is 0.961. The van der Waals surface area contributed by atoms with Crippen LogP contribution in [0.15, 0.2) is 18.3 Å². The average Bonchev–Trinajstić information content (AvgIpc) is 2.08. The molecule has 0 saturated heterocycles. The van der Waals surface area contributed by atoms with Gasteiger partial charge in [0.2, 0.25) is 0 Å². The molecule has 1 N–H and O–H groups in total. The quantitative estimate of drug-likeness (QED) is 0.766. The molecule has 13 heavy (non-hydrogen) atoms. The second-order valence-corrected chi connectivity index (χ2v) is 3.07. The van der Waals surface area contributed by atoms with Crippen molar-refractivity contribution in [2.45, 2.75) is 26.4 Å². The van der Waals surface area contributed by atoms with Crippen molar-refractivity contribution in [2.24, 2.45) is 0 Å². The number of hydrogen-bond donors (Lipinski definition) is 1. The molecule has 0 spiro atoms. The van der Waals surface area contributed by atoms with Gasteiger partial charge in [-0.2, -0.15) is 0 Å². The zero-order chi connectivity index (χ0) is 9.68. The maximum absolute atomic E-state index is 9.00. The van der Waals surface area contributed by atoms with Crippen LogP contribution in [-0.2, 0) is 0 Å². The Hall–Kier alpha value is -1.09. The van der Waals surface area contributed by atoms with Gasteiger partial charge in [-0.15, -0.1) is 0 Å². The van der Waals surface area contributed by atoms with Crippen LogP contribution in [0.2, 0.25) is 0 Å². The second-order valence-electron chi connectivity index (χ2n) is 3.07. The molecule has 0 saturated carbocycles. The minimum atomic E-state index is -0.308. The molecular formula is C10H15NO2. The number of pyridine rings is 1. The van der Waals surface area contributed by atoms with E-state index < -0.39 is 0 Å². The molecule has 1 aromatic heterocycles. The Balaban J connectivity index is 2.41. The van der Waals surface area contributed by atoms with Crippen LogP contribution in [0.3, 0.4) is 0 Å². The maximum atomic E-state index is 9.00. The average molecular weight is 181 g/mol. The molecule has 3 nitrogen and oxygen atoms in total. The van der Waals surface area contributed by atoms with Gasteiger partial charge < -0.3 is 9.84 Å². The highest BCUT2D eigenvalue weighted by Crippen LogP contribution is 2.13. The number of ether oxygens (including phenoxy) is 1. The zero-order valence-corrected chi connectivity index (χ0v) is 8.03. The molecule has 0 aliphatic heterocycles. The van der Waals surface area contributed by atoms with E-state index in [1.807, 2.05) is 19.1 Å². The van der Waals surface area contributed by atoms with Gasteiger partial charge in [-0.05, 0) is 26.0 Å². The van der Waals surface area contributed by atoms with Crippen LogP contribution in [-0.4, -0.2) is 22.8 Å². The fraction of sp³-hybridized carbons (Fsp3) is 0.500. The van der Waals surface area contributed by atoms with E-state index in [4.69, 9.17) is 9.84 Å². The molecule has 0 fully saturated rings. The molecule has 1 rings (SSSR count). The van der Waals surface area contributed by atoms with Gasteiger partial charge >= 0.3 is 0 Å². The molecule has 0 amide bonds. The predicted octanol–water partition coefficient (Wildman–Crippen LogP) is 1.54. The number of hydrogen-bond acceptors (Lipinski definition) is 3. The summed E-state index contributed by atoms with van der Waals surface area (Å²) in [5.41, 5.74) is 0.882. The summed E-state index contributed by atoms with van der Waals surface area (Å²) in [6.45, 7) is 4.18. The summed E-state index contributed by atoms with van der Waals surface area (Å²) in [6, 6.07) is 3.72. The van der Waals surface area contributed by atoms with Gasteiger partial charge in [-0.1, -0.05) is 0 Å². The first kappa shape index (κ1) is 9.99. The molecule has 1 aromatic rings. The zero-order valence-electron chi connectivity index (χ0n) is 8.03. The van der Waals surface area contributed by atoms with Crippen LogP contribution >= 0.6 is 0 Å². The van der Waals surface area contributed by atoms with Crippen LogP contribution in [0, 0.1) is 6.92 Å². The van der Waals surface area contributed by atoms with Gasteiger partial charge in [0.15, 0.2) is 0 Å². The highest BCUT2D eigenvalue weighted by atomic mass is 16.5. The van der Waals surface area contributed by atoms with E-state index in [2.05, 4.69) is 4.98 Å². The van der Waals surface area contributed by atoms with Gasteiger partial charge in [-0.3, -0.25) is 4.98 Å². The van der Waals surface area contributed by atoms with E-state index in [9.17, 15) is 0 Å². The van der Waals surface area contributed by atoms with Crippen molar-refractivity contribution < 1.29 is 9.84 Å². The molecule has 3 heteroatoms. The molecule has 0 aliphatic rings. The number of rotatable bonds is 4. The fourth-order valence-electron chi connectivity index (χ4n) is 0.961. The third kappa shape index (κ3) is 3.42. The van der Waals surface area contributed by atoms with Gasteiger partial charge in [-0.25, -0.2) is 0 Å². The lowest BCUT2D eigenvalue weighted by Gasteiger charge is -2.08. The Bertz CT molecular complexity index is 261. The van der Waals surface area contributed by atoms with Crippen molar-refractivity contribution in [1.82, 2.24) is 4.98 Å². The van der Waals surface area contributed by atoms with Gasteiger partial charge in [0, 0.05) is 12.6 Å². The summed E-state index contributed by atoms with van der Waals surface area (Å²) in [5, 5.41) is 9.00. The van der Waals surface area contributed by atoms with Gasteiger partial charge in [0.1, 0.15) is 5.75 Å². The standard InChI is InChI=1S/C10H15NO2/c1-8(12)5-7-13-10-4-3-6-11-9(10)2/h3-4,6,8,12H,5,7H2,1-2H3. The summed E-state index contributed by atoms with van der Waals surface area (Å²) < 4.78 is 5.43. The number of aryl methyl sites for hydroxylation is 1. The Morgan fingerprint density at radius 1 is 1.62 bits per heavy atom. The number of aliphatic hydroxyl groups is 1. The van der Waals surface area contributed by atoms with Crippen molar-refractivity contribution in [3.63, 3.8) is 0 Å². The van der Waals surface area contributed by atoms with Crippen LogP contribution in [0.5, 0.6) is 5.75 Å². The predicted molar refractivity (Wildman–Crippen MR) is 50.8 cm³/mol. The van der Waals surface area contributed by atoms with Crippen LogP contribution in [0.1, 0.15) is 19.0 Å². The van der Waals surface area contributed by atoms with E-state index in [0.29, 0.717) is 13.0 Å². The molecule has 0 radical (unpaired) electrons. The first-order valence-electron chi connectivity index (χ1n) is 4.42. The highest BCUT2D eigenvalue weighted by molar-refractivity contribution is 5.25. The van der Waals surface area contributed by atoms with E-state index in [1.165, 1.54) is 0 Å². The van der Waals surface area contributed by atoms with E-state index in [0.717, 1.165) is 11.4 Å². The van der Waals surface area contributed by atoms with Crippen molar-refractivity contribution in [3.05, 3.63) is 24.0 Å². The van der Waals surface area contributed by atoms with Crippen LogP contribution < -0.4 is 4.74 Å². The van der Waals surface area contributed by atoms with Crippen molar-refractivity contribution in [1.29, 1.82) is 0 Å². The van der Waals surface area contributed by atoms with Crippen LogP contribution in [0.4, 0.5) is 0 Å². The first-order valence-corrected chi connectivity index (χ1v) is 4.42. The van der Waals surface area contributed by atoms with E-state index >= 15 is 0 Å². The number of aliphatic hydroxyl groups excluding tert-OH is 1. The minimum absolute atomic E-state index is 0.308. The Kier molecular flexibility index (Phi) is 3.71. The minimum Gasteiger partial charge on any atom is -0.492 e. The molecule has 1 heterocycles. The van der Waals surface area contributed by atoms with Crippen LogP contribution in [0.25, 0.3) is 0 Å². The molecule has 1 atom stereocenters. The number of nitrogens with zero attached hydrogens (tertiary/aromatic N) is 1. The molecule has 0 aliphatic carbocycles. The molecule has 72 valence electrons. The SMILES string of the molecule is Cc1ncccc1OCCC(C)O. The van der Waals surface area contributed by atoms with Crippen molar-refractivity contribution in [2.75, 3.05) is 6.61 Å². The van der Waals surface area contributed by atoms with E-state index in [-0.39, 0.29) is 6.10 Å². The monoisotopic (exact) mass is 181 g/mol. The third-order valence-electron chi connectivity index (χ3n) is 1.75. The van der Waals surface area contributed by atoms with E-state index in [1.54, 1.807) is 13.1 Å². The summed E-state index contributed by atoms with van der Waals surface area (Å²) in [5.74, 6) is 0.795. The van der Waals surface area contributed by atoms with Gasteiger partial charge in [0.25, 0.3) is 0 Å². The topological polar surface area (TPSA) is 42.4 Å². The molecule has 0 bridgehead atoms. The lowest BCUT2D eigenvalue weighted by Crippen LogP contribution is -2.08. The smallest absolute Gasteiger partial charge is 0.140 e. The maximum Gasteiger partial charge on any atom is 0.140 e. The summed E-state index contributed by atoms with van der Waals surface area (Å²) in [6.07, 6.45) is 2.07. The lowest BCUT2D eigenvalue weighted by atomic mass is 10.3. The normalized spacial score (nSPS) is 12.5. The Morgan fingerprint density at radius 2 is 2.38 bits per heavy atom. The molecule has 1 unspecified atom stereocenters. The summed E-state index contributed by atoms with van der Waals surface area (Å²) >= 11 is 0. The van der Waals surface area contributed by atoms with Crippen molar-refractivity contribution in [3.8, 4) is 5.75 Å². The lowest BCUT2D eigenvalue weighted by molar-refractivity contribution is 0.155. The van der Waals surface area contributed by atoms with Crippen molar-refractivity contribution >= 4 is 0 Å². The largest absolute Gasteiger partial charge is 0.492 e.